The van der Waals surface area contributed by atoms with Gasteiger partial charge in [-0.25, -0.2) is 13.1 Å². The Labute approximate surface area is 808 Å². The second kappa shape index (κ2) is 92.5. The Balaban J connectivity index is -0.000000660. The average molecular weight is 1970 g/mol. The summed E-state index contributed by atoms with van der Waals surface area (Å²) in [6, 6.07) is 14.9. The summed E-state index contributed by atoms with van der Waals surface area (Å²) in [5, 5.41) is 150. The number of ether oxygens (including phenoxy) is 16. The standard InChI is InChI=1S/C35H45N9O10.C35H77N9O10.C11H21NO10.2C3H3N/c1-42-15-23-50-29-35(54-24-16-43-2,28-49-19-5-11-38)44-33(46)32(52-21-7-13-40)31(51-20-6-12-39)30(45)25-34(53-22-8-14-41,26-47-17-3-9-36)27-48-18-4-10-37;36-9-1-17-47-26-34(53-23-7-15-42,27-48-18-2-10-37)25-30(45)31(51-21-5-13-40)32(52-22-6-14-41)33(46)44-35(54-24-8-16-43,28-49-19-3-11-38)29-50-20-4-12-39;13-2-10(21,3-14)1-6(17)7(18)8(19)9(20)12-11(22,4-15)5-16;2*1-2-3-4/h31-32H,3-8,15-29H2,(H,44,46);31-32H,1-29,36-43H2,(H,44,46);7-8,13-16,18-19,21-22H,1-5H2,(H,12,20);2*2H,1H2. The maximum absolute atomic E-state index is 14.6. The largest absolute Gasteiger partial charge is 0.393 e. The number of nitrogens with two attached hydrogens (primary N) is 8. The maximum atomic E-state index is 14.6. The van der Waals surface area contributed by atoms with Crippen LogP contribution in [0.25, 0.3) is 9.69 Å². The van der Waals surface area contributed by atoms with Crippen molar-refractivity contribution in [1.29, 1.82) is 42.1 Å². The summed E-state index contributed by atoms with van der Waals surface area (Å²) in [7, 11) is 0. The number of hydrogen-bond acceptors (Lipinski definition) is 46. The zero-order chi connectivity index (χ0) is 105. The molecule has 138 heavy (non-hydrogen) atoms. The molecule has 0 aromatic rings. The van der Waals surface area contributed by atoms with Crippen LogP contribution in [-0.2, 0) is 105 Å². The molecule has 3 amide bonds. The maximum Gasteiger partial charge on any atom is 0.254 e. The van der Waals surface area contributed by atoms with Gasteiger partial charge in [0.15, 0.2) is 65.0 Å². The Morgan fingerprint density at radius 1 is 0.341 bits per heavy atom. The molecule has 0 aromatic heterocycles. The number of nitrogens with one attached hydrogen (secondary N) is 3. The van der Waals surface area contributed by atoms with E-state index in [1.165, 1.54) is 12.2 Å². The molecule has 0 saturated carbocycles. The summed E-state index contributed by atoms with van der Waals surface area (Å²) < 4.78 is 94.8. The van der Waals surface area contributed by atoms with Crippen LogP contribution in [0.2, 0.25) is 0 Å². The molecule has 0 saturated heterocycles. The van der Waals surface area contributed by atoms with Gasteiger partial charge in [-0.1, -0.05) is 13.2 Å². The normalized spacial score (nSPS) is 12.9. The number of nitrogens with zero attached hydrogens (tertiary/aromatic N) is 10. The van der Waals surface area contributed by atoms with Crippen molar-refractivity contribution in [3.05, 3.63) is 48.1 Å². The van der Waals surface area contributed by atoms with Crippen molar-refractivity contribution >= 4 is 35.1 Å². The third-order valence-corrected chi connectivity index (χ3v) is 17.6. The lowest BCUT2D eigenvalue weighted by Gasteiger charge is -2.37. The zero-order valence-corrected chi connectivity index (χ0v) is 79.1. The lowest BCUT2D eigenvalue weighted by molar-refractivity contribution is -0.181. The van der Waals surface area contributed by atoms with Gasteiger partial charge in [0.1, 0.15) is 36.1 Å². The number of Topliss-reactive ketones (excluding diaryl/α,β-unsaturated/α-hetero) is 3. The highest BCUT2D eigenvalue weighted by Crippen LogP contribution is 2.28. The summed E-state index contributed by atoms with van der Waals surface area (Å²) >= 11 is 0. The number of rotatable bonds is 86. The van der Waals surface area contributed by atoms with E-state index in [4.69, 9.17) is 182 Å². The van der Waals surface area contributed by atoms with Crippen molar-refractivity contribution in [2.45, 2.75) is 180 Å². The van der Waals surface area contributed by atoms with E-state index in [2.05, 4.69) is 33.5 Å². The Bertz CT molecular complexity index is 3350. The molecule has 782 valence electrons. The smallest absolute Gasteiger partial charge is 0.254 e. The van der Waals surface area contributed by atoms with Crippen LogP contribution < -0.4 is 61.8 Å². The minimum absolute atomic E-state index is 0.00468. The first-order valence-electron chi connectivity index (χ1n) is 44.4. The molecule has 0 heterocycles. The van der Waals surface area contributed by atoms with Crippen molar-refractivity contribution in [3.63, 3.8) is 0 Å². The van der Waals surface area contributed by atoms with Gasteiger partial charge >= 0.3 is 0 Å². The first-order valence-corrected chi connectivity index (χ1v) is 44.4. The van der Waals surface area contributed by atoms with Crippen molar-refractivity contribution in [1.82, 2.24) is 16.0 Å². The molecule has 0 bridgehead atoms. The van der Waals surface area contributed by atoms with E-state index < -0.39 is 158 Å². The molecule has 0 aliphatic heterocycles. The molecule has 0 radical (unpaired) electrons. The van der Waals surface area contributed by atoms with Gasteiger partial charge < -0.3 is 188 Å². The molecule has 7 unspecified atom stereocenters. The predicted octanol–water partition coefficient (Wildman–Crippen LogP) is -5.59. The van der Waals surface area contributed by atoms with Crippen LogP contribution in [0, 0.1) is 104 Å². The highest BCUT2D eigenvalue weighted by atomic mass is 16.6. The Morgan fingerprint density at radius 2 is 0.623 bits per heavy atom. The summed E-state index contributed by atoms with van der Waals surface area (Å²) in [5.41, 5.74) is 35.0. The van der Waals surface area contributed by atoms with Crippen molar-refractivity contribution in [3.8, 4) is 48.6 Å². The number of amides is 3. The lowest BCUT2D eigenvalue weighted by atomic mass is 9.93. The van der Waals surface area contributed by atoms with E-state index >= 15 is 0 Å². The molecule has 0 rings (SSSR count). The van der Waals surface area contributed by atoms with Gasteiger partial charge in [-0.2, -0.15) is 42.1 Å². The molecular weight excluding hydrogens is 1820 g/mol. The fraction of sp³-hybridized carbons (Fsp3) is 0.770. The van der Waals surface area contributed by atoms with E-state index in [1.807, 2.05) is 36.4 Å². The first-order chi connectivity index (χ1) is 66.5. The number of carbonyl (C=O) groups is 6. The number of nitriles is 8. The number of aliphatic hydroxyl groups excluding tert-OH is 6. The van der Waals surface area contributed by atoms with Crippen LogP contribution in [0.3, 0.4) is 0 Å². The highest BCUT2D eigenvalue weighted by Gasteiger charge is 2.48. The van der Waals surface area contributed by atoms with Crippen molar-refractivity contribution in [2.75, 3.05) is 250 Å². The predicted molar refractivity (Wildman–Crippen MR) is 489 cm³/mol. The SMILES string of the molecule is C=CC#N.C=CC#N.NCCCOCC(COCCCN)(CC(=O)C(OCCCN)C(OCCCN)C(=O)NC(COCCCN)(COCCCN)OCCCN)OCCCN.O=C(CC(O)(CO)CO)C(O)C(O)C(=O)NC(O)(CO)CO.[C-]#[N+]CCOCC(COCCC#N)(NC(=O)C(OCCC#N)C(OCCC#N)C(=O)CC(COCCC#N)(COCCC#N)OCCC#N)OCC[N+]#[C-]. The second-order valence-electron chi connectivity index (χ2n) is 29.5. The number of hydrogen-bond donors (Lipinski definition) is 19. The van der Waals surface area contributed by atoms with Gasteiger partial charge in [-0.15, -0.1) is 0 Å². The summed E-state index contributed by atoms with van der Waals surface area (Å²) in [5.74, 6) is -5.70. The van der Waals surface area contributed by atoms with Gasteiger partial charge in [0.05, 0.1) is 213 Å². The fourth-order valence-corrected chi connectivity index (χ4v) is 10.7. The van der Waals surface area contributed by atoms with Crippen LogP contribution in [0.1, 0.15) is 109 Å². The van der Waals surface area contributed by atoms with Crippen LogP contribution in [0.4, 0.5) is 0 Å². The zero-order valence-electron chi connectivity index (χ0n) is 79.1. The molecule has 27 N–H and O–H groups in total. The van der Waals surface area contributed by atoms with Gasteiger partial charge in [0, 0.05) is 77.7 Å². The molecule has 0 aliphatic carbocycles. The third kappa shape index (κ3) is 68.6. The van der Waals surface area contributed by atoms with Crippen LogP contribution in [-0.4, -0.2) is 397 Å². The van der Waals surface area contributed by atoms with E-state index in [0.717, 1.165) is 0 Å². The van der Waals surface area contributed by atoms with E-state index in [9.17, 15) is 65.0 Å². The molecule has 51 heteroatoms. The minimum atomic E-state index is -2.46. The van der Waals surface area contributed by atoms with Gasteiger partial charge in [0.25, 0.3) is 17.7 Å². The molecule has 0 spiro atoms. The van der Waals surface area contributed by atoms with Gasteiger partial charge in [0.2, 0.25) is 13.1 Å². The Morgan fingerprint density at radius 3 is 0.971 bits per heavy atom. The summed E-state index contributed by atoms with van der Waals surface area (Å²) in [4.78, 5) is 87.3. The van der Waals surface area contributed by atoms with Crippen LogP contribution in [0.15, 0.2) is 25.3 Å². The van der Waals surface area contributed by atoms with Crippen molar-refractivity contribution < 1.29 is 145 Å². The molecular formula is C87H149N21O30. The van der Waals surface area contributed by atoms with E-state index in [1.54, 1.807) is 17.5 Å². The third-order valence-electron chi connectivity index (χ3n) is 17.6. The highest BCUT2D eigenvalue weighted by molar-refractivity contribution is 5.94. The molecule has 0 aliphatic rings. The molecule has 7 atom stereocenters. The van der Waals surface area contributed by atoms with Crippen LogP contribution >= 0.6 is 0 Å². The lowest BCUT2D eigenvalue weighted by Crippen LogP contribution is -2.62. The van der Waals surface area contributed by atoms with Gasteiger partial charge in [-0.05, 0) is 104 Å². The second-order valence-corrected chi connectivity index (χ2v) is 29.5. The summed E-state index contributed by atoms with van der Waals surface area (Å²) in [6.07, 6.45) is -6.77. The summed E-state index contributed by atoms with van der Waals surface area (Å²) in [6.45, 7) is 18.1. The van der Waals surface area contributed by atoms with Gasteiger partial charge in [-0.3, -0.25) is 28.8 Å². The number of ketones is 3. The topological polar surface area (TPSA) is 855 Å². The minimum Gasteiger partial charge on any atom is -0.393 e. The first kappa shape index (κ1) is 137. The number of carbonyl (C=O) groups excluding carboxylic acids is 6. The van der Waals surface area contributed by atoms with Crippen molar-refractivity contribution in [2.24, 2.45) is 45.9 Å². The number of aliphatic hydroxyl groups is 8. The molecule has 0 fully saturated rings. The monoisotopic (exact) mass is 1970 g/mol. The molecule has 51 nitrogen and oxygen atoms in total. The Hall–Kier alpha value is -9.48. The quantitative estimate of drug-likeness (QED) is 0.0117. The Kier molecular flexibility index (Phi) is 91.9. The van der Waals surface area contributed by atoms with E-state index in [0.29, 0.717) is 124 Å². The average Bonchev–Trinajstić information content (AvgIpc) is 0.814. The number of allylic oxidation sites excluding steroid dienone is 2. The molecule has 0 aromatic carbocycles. The van der Waals surface area contributed by atoms with E-state index in [-0.39, 0.29) is 184 Å². The van der Waals surface area contributed by atoms with Crippen LogP contribution in [0.5, 0.6) is 0 Å². The fourth-order valence-electron chi connectivity index (χ4n) is 10.7.